The fourth-order valence-corrected chi connectivity index (χ4v) is 12.8. The van der Waals surface area contributed by atoms with Gasteiger partial charge in [0.2, 0.25) is 0 Å². The van der Waals surface area contributed by atoms with Crippen LogP contribution in [-0.4, -0.2) is 0 Å². The highest BCUT2D eigenvalue weighted by molar-refractivity contribution is 6.04. The lowest BCUT2D eigenvalue weighted by Crippen LogP contribution is -2.29. The van der Waals surface area contributed by atoms with Crippen molar-refractivity contribution in [2.75, 3.05) is 0 Å². The van der Waals surface area contributed by atoms with Gasteiger partial charge >= 0.3 is 0 Å². The lowest BCUT2D eigenvalue weighted by Gasteiger charge is -2.35. The topological polar surface area (TPSA) is 0 Å². The minimum absolute atomic E-state index is 0.448. The Kier molecular flexibility index (Phi) is 8.73. The Labute approximate surface area is 404 Å². The van der Waals surface area contributed by atoms with Crippen LogP contribution in [0.2, 0.25) is 0 Å². The van der Waals surface area contributed by atoms with Crippen molar-refractivity contribution in [1.29, 1.82) is 0 Å². The van der Waals surface area contributed by atoms with Crippen LogP contribution >= 0.6 is 0 Å². The van der Waals surface area contributed by atoms with E-state index in [-0.39, 0.29) is 0 Å². The number of fused-ring (bicyclic) bond motifs is 14. The molecule has 11 aromatic carbocycles. The van der Waals surface area contributed by atoms with Crippen LogP contribution in [0.5, 0.6) is 0 Å². The first-order valence-electron chi connectivity index (χ1n) is 24.2. The first kappa shape index (κ1) is 39.6. The third-order valence-corrected chi connectivity index (χ3v) is 15.6. The van der Waals surface area contributed by atoms with Crippen molar-refractivity contribution < 1.29 is 0 Å². The molecule has 322 valence electrons. The summed E-state index contributed by atoms with van der Waals surface area (Å²) in [5, 5.41) is 0. The minimum atomic E-state index is -0.663. The highest BCUT2D eigenvalue weighted by Gasteiger charge is 2.55. The maximum Gasteiger partial charge on any atom is 0.0725 e. The molecule has 0 unspecified atom stereocenters. The van der Waals surface area contributed by atoms with Crippen LogP contribution in [0.4, 0.5) is 0 Å². The molecule has 0 radical (unpaired) electrons. The van der Waals surface area contributed by atoms with E-state index in [4.69, 9.17) is 0 Å². The van der Waals surface area contributed by atoms with Crippen LogP contribution in [0.15, 0.2) is 261 Å². The predicted molar refractivity (Wildman–Crippen MR) is 287 cm³/mol. The van der Waals surface area contributed by atoms with E-state index in [1.165, 1.54) is 128 Å². The van der Waals surface area contributed by atoms with Crippen LogP contribution in [0.1, 0.15) is 50.1 Å². The first-order chi connectivity index (χ1) is 34.1. The molecule has 69 heavy (non-hydrogen) atoms. The molecule has 0 N–H and O–H groups in total. The van der Waals surface area contributed by atoms with Crippen molar-refractivity contribution in [2.24, 2.45) is 0 Å². The van der Waals surface area contributed by atoms with Gasteiger partial charge in [-0.25, -0.2) is 0 Å². The molecule has 0 nitrogen and oxygen atoms in total. The van der Waals surface area contributed by atoms with Gasteiger partial charge in [0.1, 0.15) is 0 Å². The third kappa shape index (κ3) is 5.64. The van der Waals surface area contributed by atoms with Gasteiger partial charge in [-0.15, -0.1) is 0 Å². The Morgan fingerprint density at radius 1 is 0.217 bits per heavy atom. The van der Waals surface area contributed by atoms with Crippen LogP contribution in [0, 0.1) is 6.92 Å². The van der Waals surface area contributed by atoms with Gasteiger partial charge < -0.3 is 0 Å². The van der Waals surface area contributed by atoms with Crippen molar-refractivity contribution in [2.45, 2.75) is 17.8 Å². The van der Waals surface area contributed by atoms with E-state index in [9.17, 15) is 0 Å². The van der Waals surface area contributed by atoms with Gasteiger partial charge in [0, 0.05) is 0 Å². The second-order valence-electron chi connectivity index (χ2n) is 19.2. The molecule has 11 aromatic rings. The van der Waals surface area contributed by atoms with Gasteiger partial charge in [-0.2, -0.15) is 0 Å². The summed E-state index contributed by atoms with van der Waals surface area (Å²) in [5.41, 5.74) is 28.3. The second kappa shape index (κ2) is 15.2. The van der Waals surface area contributed by atoms with E-state index in [0.29, 0.717) is 0 Å². The Morgan fingerprint density at radius 2 is 0.565 bits per heavy atom. The van der Waals surface area contributed by atoms with E-state index >= 15 is 0 Å². The highest BCUT2D eigenvalue weighted by Crippen LogP contribution is 2.67. The third-order valence-electron chi connectivity index (χ3n) is 15.6. The molecule has 0 bridgehead atoms. The van der Waals surface area contributed by atoms with Crippen molar-refractivity contribution in [1.82, 2.24) is 0 Å². The van der Waals surface area contributed by atoms with Crippen LogP contribution in [0.25, 0.3) is 77.9 Å². The molecule has 0 saturated heterocycles. The minimum Gasteiger partial charge on any atom is -0.0622 e. The van der Waals surface area contributed by atoms with Gasteiger partial charge in [0.25, 0.3) is 0 Å². The Hall–Kier alpha value is -8.58. The molecule has 0 heterocycles. The fourth-order valence-electron chi connectivity index (χ4n) is 12.8. The molecule has 0 heteroatoms. The average molecular weight is 875 g/mol. The molecular weight excluding hydrogens is 829 g/mol. The molecule has 3 aliphatic carbocycles. The fraction of sp³-hybridized carbons (Fsp3) is 0.0435. The van der Waals surface area contributed by atoms with Crippen molar-refractivity contribution in [3.05, 3.63) is 311 Å². The van der Waals surface area contributed by atoms with Gasteiger partial charge in [-0.05, 0) is 154 Å². The molecule has 0 saturated carbocycles. The number of aryl methyl sites for hydroxylation is 1. The van der Waals surface area contributed by atoms with Gasteiger partial charge in [-0.1, -0.05) is 242 Å². The van der Waals surface area contributed by atoms with E-state index in [0.717, 1.165) is 0 Å². The molecule has 0 amide bonds. The number of hydrogen-bond acceptors (Lipinski definition) is 0. The summed E-state index contributed by atoms with van der Waals surface area (Å²) in [7, 11) is 0. The molecule has 3 aliphatic rings. The summed E-state index contributed by atoms with van der Waals surface area (Å²) < 4.78 is 0. The molecule has 0 fully saturated rings. The smallest absolute Gasteiger partial charge is 0.0622 e. The van der Waals surface area contributed by atoms with Crippen LogP contribution in [-0.2, 0) is 10.8 Å². The van der Waals surface area contributed by atoms with E-state index in [1.54, 1.807) is 0 Å². The van der Waals surface area contributed by atoms with Gasteiger partial charge in [0.15, 0.2) is 0 Å². The summed E-state index contributed by atoms with van der Waals surface area (Å²) in [6, 6.07) is 98.3. The average Bonchev–Trinajstić information content (AvgIpc) is 4.01. The largest absolute Gasteiger partial charge is 0.0725 e. The second-order valence-corrected chi connectivity index (χ2v) is 19.2. The Morgan fingerprint density at radius 3 is 1.09 bits per heavy atom. The lowest BCUT2D eigenvalue weighted by atomic mass is 9.66. The van der Waals surface area contributed by atoms with Crippen molar-refractivity contribution >= 4 is 0 Å². The van der Waals surface area contributed by atoms with Gasteiger partial charge in [0.05, 0.1) is 10.8 Å². The Balaban J connectivity index is 1.07. The molecule has 1 spiro atoms. The normalized spacial score (nSPS) is 13.8. The summed E-state index contributed by atoms with van der Waals surface area (Å²) >= 11 is 0. The maximum absolute atomic E-state index is 2.52. The summed E-state index contributed by atoms with van der Waals surface area (Å²) in [5.74, 6) is 0. The van der Waals surface area contributed by atoms with Crippen LogP contribution in [0.3, 0.4) is 0 Å². The molecule has 0 atom stereocenters. The van der Waals surface area contributed by atoms with E-state index in [2.05, 4.69) is 268 Å². The Bertz CT molecular complexity index is 3680. The monoisotopic (exact) mass is 874 g/mol. The van der Waals surface area contributed by atoms with E-state index in [1.807, 2.05) is 0 Å². The highest BCUT2D eigenvalue weighted by atomic mass is 14.6. The quantitative estimate of drug-likeness (QED) is 0.156. The molecule has 14 rings (SSSR count). The standard InChI is InChI=1S/C69H46/c1-45-36-37-63-59(40-45)67-64(38-39-65-66(67)58-32-10-13-35-62(58)69(65)60-33-11-8-30-56(60)57-31-9-12-34-61(57)69)68(63,54-28-16-26-52(43-54)50-24-14-22-48(41-50)46-18-4-2-5-19-46)55-29-17-27-53(44-55)51-25-15-23-49(42-51)47-20-6-3-7-21-47/h2-44H,1H3. The summed E-state index contributed by atoms with van der Waals surface area (Å²) in [6.07, 6.45) is 0. The van der Waals surface area contributed by atoms with Gasteiger partial charge in [-0.3, -0.25) is 0 Å². The number of hydrogen-bond donors (Lipinski definition) is 0. The number of rotatable bonds is 6. The summed E-state index contributed by atoms with van der Waals surface area (Å²) in [4.78, 5) is 0. The lowest BCUT2D eigenvalue weighted by molar-refractivity contribution is 0.764. The summed E-state index contributed by atoms with van der Waals surface area (Å²) in [6.45, 7) is 2.25. The number of benzene rings is 11. The SMILES string of the molecule is Cc1ccc2c(c1)-c1c(ccc3c1-c1ccccc1C31c3ccccc3-c3ccccc31)C2(c1cccc(-c2cccc(-c3ccccc3)c2)c1)c1cccc(-c2cccc(-c3ccccc3)c2)c1. The first-order valence-corrected chi connectivity index (χ1v) is 24.2. The van der Waals surface area contributed by atoms with Crippen molar-refractivity contribution in [3.8, 4) is 77.9 Å². The molecule has 0 aliphatic heterocycles. The maximum atomic E-state index is 2.52. The zero-order valence-corrected chi connectivity index (χ0v) is 38.3. The van der Waals surface area contributed by atoms with Crippen LogP contribution < -0.4 is 0 Å². The van der Waals surface area contributed by atoms with Crippen molar-refractivity contribution in [3.63, 3.8) is 0 Å². The zero-order valence-electron chi connectivity index (χ0n) is 38.3. The zero-order chi connectivity index (χ0) is 45.7. The molecular formula is C69H46. The predicted octanol–water partition coefficient (Wildman–Crippen LogP) is 17.4. The molecule has 0 aromatic heterocycles. The van der Waals surface area contributed by atoms with E-state index < -0.39 is 10.8 Å².